The van der Waals surface area contributed by atoms with E-state index in [0.717, 1.165) is 4.47 Å². The third kappa shape index (κ3) is 3.69. The summed E-state index contributed by atoms with van der Waals surface area (Å²) in [5.74, 6) is 0.145. The number of nitrogens with two attached hydrogens (primary N) is 1. The first-order chi connectivity index (χ1) is 9.47. The Hall–Kier alpha value is -1.17. The van der Waals surface area contributed by atoms with Crippen LogP contribution >= 0.6 is 39.7 Å². The minimum atomic E-state index is -0.391. The van der Waals surface area contributed by atoms with E-state index in [9.17, 15) is 4.39 Å². The van der Waals surface area contributed by atoms with Crippen molar-refractivity contribution in [1.82, 2.24) is 0 Å². The molecule has 0 fully saturated rings. The maximum Gasteiger partial charge on any atom is 0.138 e. The Morgan fingerprint density at radius 1 is 1.30 bits per heavy atom. The summed E-state index contributed by atoms with van der Waals surface area (Å²) in [6.45, 7) is 0.203. The van der Waals surface area contributed by atoms with Crippen LogP contribution in [-0.2, 0) is 6.61 Å². The smallest absolute Gasteiger partial charge is 0.138 e. The van der Waals surface area contributed by atoms with E-state index in [1.54, 1.807) is 18.2 Å². The third-order valence-electron chi connectivity index (χ3n) is 2.61. The van der Waals surface area contributed by atoms with Crippen LogP contribution in [-0.4, -0.2) is 4.99 Å². The van der Waals surface area contributed by atoms with Crippen molar-refractivity contribution in [1.29, 1.82) is 0 Å². The number of hydrogen-bond acceptors (Lipinski definition) is 2. The van der Waals surface area contributed by atoms with Crippen molar-refractivity contribution in [3.8, 4) is 5.75 Å². The summed E-state index contributed by atoms with van der Waals surface area (Å²) in [5, 5.41) is 0.485. The molecular weight excluding hydrogens is 365 g/mol. The largest absolute Gasteiger partial charge is 0.487 e. The van der Waals surface area contributed by atoms with Gasteiger partial charge in [-0.2, -0.15) is 0 Å². The molecule has 2 nitrogen and oxygen atoms in total. The van der Waals surface area contributed by atoms with Gasteiger partial charge in [0.1, 0.15) is 23.2 Å². The van der Waals surface area contributed by atoms with Crippen molar-refractivity contribution in [2.45, 2.75) is 6.61 Å². The van der Waals surface area contributed by atoms with Crippen LogP contribution in [0.3, 0.4) is 0 Å². The van der Waals surface area contributed by atoms with Gasteiger partial charge in [0, 0.05) is 10.0 Å². The van der Waals surface area contributed by atoms with Gasteiger partial charge < -0.3 is 10.5 Å². The lowest BCUT2D eigenvalue weighted by Crippen LogP contribution is -2.14. The van der Waals surface area contributed by atoms with E-state index >= 15 is 0 Å². The van der Waals surface area contributed by atoms with E-state index < -0.39 is 5.82 Å². The molecule has 0 saturated carbocycles. The van der Waals surface area contributed by atoms with E-state index in [1.165, 1.54) is 12.1 Å². The van der Waals surface area contributed by atoms with E-state index in [1.807, 2.05) is 6.07 Å². The highest BCUT2D eigenvalue weighted by molar-refractivity contribution is 9.10. The normalized spacial score (nSPS) is 10.3. The molecule has 2 aromatic rings. The monoisotopic (exact) mass is 373 g/mol. The van der Waals surface area contributed by atoms with Gasteiger partial charge in [-0.25, -0.2) is 4.39 Å². The molecule has 0 aliphatic heterocycles. The maximum absolute atomic E-state index is 13.2. The van der Waals surface area contributed by atoms with Gasteiger partial charge in [0.2, 0.25) is 0 Å². The van der Waals surface area contributed by atoms with Crippen molar-refractivity contribution in [3.63, 3.8) is 0 Å². The molecule has 0 aromatic heterocycles. The van der Waals surface area contributed by atoms with Crippen LogP contribution in [0.15, 0.2) is 40.9 Å². The summed E-state index contributed by atoms with van der Waals surface area (Å²) in [5.41, 5.74) is 6.75. The highest BCUT2D eigenvalue weighted by Gasteiger charge is 2.09. The van der Waals surface area contributed by atoms with Crippen LogP contribution in [0, 0.1) is 5.82 Å². The predicted octanol–water partition coefficient (Wildman–Crippen LogP) is 4.45. The van der Waals surface area contributed by atoms with Crippen molar-refractivity contribution in [2.24, 2.45) is 5.73 Å². The molecule has 0 spiro atoms. The van der Waals surface area contributed by atoms with Crippen molar-refractivity contribution < 1.29 is 9.13 Å². The van der Waals surface area contributed by atoms with Gasteiger partial charge in [-0.1, -0.05) is 45.8 Å². The molecule has 104 valence electrons. The second-order valence-electron chi connectivity index (χ2n) is 4.03. The first-order valence-electron chi connectivity index (χ1n) is 5.63. The molecule has 0 saturated heterocycles. The van der Waals surface area contributed by atoms with Crippen LogP contribution in [0.1, 0.15) is 11.1 Å². The van der Waals surface area contributed by atoms with Crippen LogP contribution < -0.4 is 10.5 Å². The van der Waals surface area contributed by atoms with Crippen LogP contribution in [0.2, 0.25) is 5.02 Å². The first-order valence-corrected chi connectivity index (χ1v) is 7.21. The Balaban J connectivity index is 2.20. The zero-order valence-electron chi connectivity index (χ0n) is 10.2. The Bertz CT molecular complexity index is 666. The zero-order chi connectivity index (χ0) is 14.7. The number of benzene rings is 2. The zero-order valence-corrected chi connectivity index (χ0v) is 13.4. The van der Waals surface area contributed by atoms with E-state index in [2.05, 4.69) is 15.9 Å². The summed E-state index contributed by atoms with van der Waals surface area (Å²) in [6.07, 6.45) is 0. The highest BCUT2D eigenvalue weighted by atomic mass is 79.9. The average Bonchev–Trinajstić information content (AvgIpc) is 2.38. The van der Waals surface area contributed by atoms with Gasteiger partial charge in [-0.3, -0.25) is 0 Å². The Kier molecular flexibility index (Phi) is 4.96. The standard InChI is InChI=1S/C14H10BrClFNOS/c15-9-2-4-13(12(16)5-9)19-7-8-1-3-10(17)6-11(8)14(18)20/h1-6H,7H2,(H2,18,20). The van der Waals surface area contributed by atoms with Crippen LogP contribution in [0.4, 0.5) is 4.39 Å². The van der Waals surface area contributed by atoms with Crippen molar-refractivity contribution >= 4 is 44.7 Å². The molecule has 0 aliphatic rings. The lowest BCUT2D eigenvalue weighted by molar-refractivity contribution is 0.306. The molecule has 0 atom stereocenters. The van der Waals surface area contributed by atoms with Crippen LogP contribution in [0.5, 0.6) is 5.75 Å². The Labute approximate surface area is 134 Å². The van der Waals surface area contributed by atoms with Gasteiger partial charge in [0.25, 0.3) is 0 Å². The van der Waals surface area contributed by atoms with Crippen LogP contribution in [0.25, 0.3) is 0 Å². The molecule has 0 bridgehead atoms. The summed E-state index contributed by atoms with van der Waals surface area (Å²) in [7, 11) is 0. The predicted molar refractivity (Wildman–Crippen MR) is 85.8 cm³/mol. The lowest BCUT2D eigenvalue weighted by Gasteiger charge is -2.11. The highest BCUT2D eigenvalue weighted by Crippen LogP contribution is 2.28. The van der Waals surface area contributed by atoms with Crippen molar-refractivity contribution in [3.05, 3.63) is 62.8 Å². The molecule has 0 unspecified atom stereocenters. The third-order valence-corrected chi connectivity index (χ3v) is 3.62. The molecule has 20 heavy (non-hydrogen) atoms. The Morgan fingerprint density at radius 3 is 2.70 bits per heavy atom. The van der Waals surface area contributed by atoms with Crippen molar-refractivity contribution in [2.75, 3.05) is 0 Å². The average molecular weight is 375 g/mol. The molecule has 2 N–H and O–H groups in total. The SMILES string of the molecule is NC(=S)c1cc(F)ccc1COc1ccc(Br)cc1Cl. The molecule has 0 heterocycles. The second-order valence-corrected chi connectivity index (χ2v) is 5.79. The number of rotatable bonds is 4. The Morgan fingerprint density at radius 2 is 2.05 bits per heavy atom. The van der Waals surface area contributed by atoms with Gasteiger partial charge in [0.15, 0.2) is 0 Å². The topological polar surface area (TPSA) is 35.2 Å². The van der Waals surface area contributed by atoms with E-state index in [4.69, 9.17) is 34.3 Å². The van der Waals surface area contributed by atoms with Gasteiger partial charge in [-0.15, -0.1) is 0 Å². The summed E-state index contributed by atoms with van der Waals surface area (Å²) >= 11 is 14.3. The fourth-order valence-electron chi connectivity index (χ4n) is 1.65. The summed E-state index contributed by atoms with van der Waals surface area (Å²) < 4.78 is 19.7. The minimum Gasteiger partial charge on any atom is -0.487 e. The number of thiocarbonyl (C=S) groups is 1. The molecule has 2 aromatic carbocycles. The molecule has 6 heteroatoms. The molecule has 0 aliphatic carbocycles. The number of ether oxygens (including phenoxy) is 1. The molecular formula is C14H10BrClFNOS. The fourth-order valence-corrected chi connectivity index (χ4v) is 2.57. The number of halogens is 3. The molecule has 0 amide bonds. The van der Waals surface area contributed by atoms with Gasteiger partial charge in [0.05, 0.1) is 5.02 Å². The first kappa shape index (κ1) is 15.2. The summed E-state index contributed by atoms with van der Waals surface area (Å²) in [6, 6.07) is 9.53. The van der Waals surface area contributed by atoms with E-state index in [0.29, 0.717) is 21.9 Å². The quantitative estimate of drug-likeness (QED) is 0.803. The summed E-state index contributed by atoms with van der Waals surface area (Å²) in [4.78, 5) is 0.130. The fraction of sp³-hybridized carbons (Fsp3) is 0.0714. The van der Waals surface area contributed by atoms with Gasteiger partial charge >= 0.3 is 0 Å². The lowest BCUT2D eigenvalue weighted by atomic mass is 10.1. The molecule has 0 radical (unpaired) electrons. The van der Waals surface area contributed by atoms with E-state index in [-0.39, 0.29) is 11.6 Å². The van der Waals surface area contributed by atoms with Gasteiger partial charge in [-0.05, 0) is 35.9 Å². The second kappa shape index (κ2) is 6.52. The minimum absolute atomic E-state index is 0.130. The maximum atomic E-state index is 13.2. The number of hydrogen-bond donors (Lipinski definition) is 1. The molecule has 2 rings (SSSR count).